The van der Waals surface area contributed by atoms with Crippen LogP contribution in [0.25, 0.3) is 16.8 Å². The average molecular weight is 374 g/mol. The predicted molar refractivity (Wildman–Crippen MR) is 109 cm³/mol. The third-order valence-corrected chi connectivity index (χ3v) is 4.92. The van der Waals surface area contributed by atoms with Crippen LogP contribution in [0, 0.1) is 13.8 Å². The van der Waals surface area contributed by atoms with Gasteiger partial charge >= 0.3 is 5.69 Å². The van der Waals surface area contributed by atoms with E-state index in [1.54, 1.807) is 19.4 Å². The molecule has 6 heteroatoms. The Morgan fingerprint density at radius 3 is 2.46 bits per heavy atom. The molecule has 0 bridgehead atoms. The number of hydrogen-bond donors (Lipinski definition) is 1. The molecular formula is C22H22N4O2. The van der Waals surface area contributed by atoms with Gasteiger partial charge in [-0.3, -0.25) is 4.98 Å². The summed E-state index contributed by atoms with van der Waals surface area (Å²) in [5.74, 6) is 0.826. The number of aryl methyl sites for hydroxylation is 3. The zero-order chi connectivity index (χ0) is 19.7. The fourth-order valence-electron chi connectivity index (χ4n) is 3.27. The van der Waals surface area contributed by atoms with E-state index >= 15 is 0 Å². The van der Waals surface area contributed by atoms with Gasteiger partial charge in [0.25, 0.3) is 0 Å². The van der Waals surface area contributed by atoms with E-state index in [1.807, 2.05) is 56.3 Å². The van der Waals surface area contributed by atoms with Crippen molar-refractivity contribution in [3.05, 3.63) is 88.1 Å². The van der Waals surface area contributed by atoms with Gasteiger partial charge in [-0.15, -0.1) is 0 Å². The highest BCUT2D eigenvalue weighted by Gasteiger charge is 2.14. The zero-order valence-electron chi connectivity index (χ0n) is 16.1. The van der Waals surface area contributed by atoms with E-state index < -0.39 is 0 Å². The first-order valence-electron chi connectivity index (χ1n) is 9.11. The summed E-state index contributed by atoms with van der Waals surface area (Å²) in [7, 11) is 1.69. The van der Waals surface area contributed by atoms with Gasteiger partial charge in [-0.2, -0.15) is 4.68 Å². The van der Waals surface area contributed by atoms with Crippen LogP contribution >= 0.6 is 0 Å². The summed E-state index contributed by atoms with van der Waals surface area (Å²) in [6.07, 6.45) is 3.58. The minimum atomic E-state index is -0.0928. The van der Waals surface area contributed by atoms with Crippen LogP contribution in [-0.2, 0) is 13.7 Å². The second-order valence-electron chi connectivity index (χ2n) is 6.85. The van der Waals surface area contributed by atoms with Crippen LogP contribution in [0.4, 0.5) is 0 Å². The molecule has 0 amide bonds. The minimum absolute atomic E-state index is 0.0928. The zero-order valence-corrected chi connectivity index (χ0v) is 16.1. The first-order valence-corrected chi connectivity index (χ1v) is 9.11. The van der Waals surface area contributed by atoms with E-state index in [1.165, 1.54) is 9.36 Å². The van der Waals surface area contributed by atoms with Crippen LogP contribution in [0.2, 0.25) is 0 Å². The third kappa shape index (κ3) is 3.24. The van der Waals surface area contributed by atoms with Crippen LogP contribution in [0.15, 0.2) is 65.7 Å². The summed E-state index contributed by atoms with van der Waals surface area (Å²) in [6.45, 7) is 4.44. The van der Waals surface area contributed by atoms with Crippen LogP contribution in [-0.4, -0.2) is 19.6 Å². The minimum Gasteiger partial charge on any atom is -0.489 e. The van der Waals surface area contributed by atoms with Crippen molar-refractivity contribution in [2.24, 2.45) is 7.05 Å². The van der Waals surface area contributed by atoms with E-state index in [0.29, 0.717) is 6.61 Å². The van der Waals surface area contributed by atoms with Crippen molar-refractivity contribution in [1.82, 2.24) is 19.6 Å². The number of ether oxygens (including phenoxy) is 1. The van der Waals surface area contributed by atoms with Gasteiger partial charge in [0, 0.05) is 25.0 Å². The number of aromatic amines is 1. The van der Waals surface area contributed by atoms with E-state index in [0.717, 1.165) is 39.3 Å². The Labute approximate surface area is 163 Å². The average Bonchev–Trinajstić information content (AvgIpc) is 2.72. The number of hydrogen-bond acceptors (Lipinski definition) is 3. The normalized spacial score (nSPS) is 11.0. The van der Waals surface area contributed by atoms with Crippen LogP contribution < -0.4 is 10.4 Å². The van der Waals surface area contributed by atoms with Crippen molar-refractivity contribution in [2.45, 2.75) is 20.5 Å². The van der Waals surface area contributed by atoms with Crippen LogP contribution in [0.3, 0.4) is 0 Å². The molecule has 6 nitrogen and oxygen atoms in total. The maximum absolute atomic E-state index is 12.1. The lowest BCUT2D eigenvalue weighted by Gasteiger charge is -2.19. The lowest BCUT2D eigenvalue weighted by Crippen LogP contribution is -2.40. The summed E-state index contributed by atoms with van der Waals surface area (Å²) < 4.78 is 9.10. The van der Waals surface area contributed by atoms with Gasteiger partial charge in [0.1, 0.15) is 12.4 Å². The molecule has 0 unspecified atom stereocenters. The molecule has 0 saturated heterocycles. The first kappa shape index (κ1) is 17.9. The highest BCUT2D eigenvalue weighted by Crippen LogP contribution is 2.27. The van der Waals surface area contributed by atoms with Gasteiger partial charge < -0.3 is 4.74 Å². The van der Waals surface area contributed by atoms with E-state index in [-0.39, 0.29) is 5.69 Å². The molecule has 0 radical (unpaired) electrons. The molecule has 0 atom stereocenters. The number of pyridine rings is 1. The van der Waals surface area contributed by atoms with Crippen molar-refractivity contribution in [2.75, 3.05) is 0 Å². The number of nitrogens with zero attached hydrogens (tertiary/aromatic N) is 3. The van der Waals surface area contributed by atoms with Gasteiger partial charge in [-0.05, 0) is 66.4 Å². The van der Waals surface area contributed by atoms with Gasteiger partial charge in [0.2, 0.25) is 0 Å². The lowest BCUT2D eigenvalue weighted by atomic mass is 10.0. The Balaban J connectivity index is 1.59. The van der Waals surface area contributed by atoms with Crippen molar-refractivity contribution in [3.63, 3.8) is 0 Å². The monoisotopic (exact) mass is 374 g/mol. The molecule has 2 aromatic carbocycles. The lowest BCUT2D eigenvalue weighted by molar-refractivity contribution is 0.301. The molecule has 0 saturated carbocycles. The van der Waals surface area contributed by atoms with Crippen molar-refractivity contribution >= 4 is 0 Å². The van der Waals surface area contributed by atoms with Crippen LogP contribution in [0.1, 0.15) is 16.7 Å². The number of rotatable bonds is 5. The molecule has 142 valence electrons. The van der Waals surface area contributed by atoms with E-state index in [2.05, 4.69) is 16.3 Å². The molecule has 28 heavy (non-hydrogen) atoms. The number of nitrogens with one attached hydrogen (secondary N) is 1. The molecule has 0 spiro atoms. The molecule has 2 heterocycles. The Kier molecular flexibility index (Phi) is 4.61. The number of H-pyrrole nitrogens is 1. The fourth-order valence-corrected chi connectivity index (χ4v) is 3.27. The molecule has 0 aliphatic carbocycles. The summed E-state index contributed by atoms with van der Waals surface area (Å²) >= 11 is 0. The topological polar surface area (TPSA) is 64.8 Å². The van der Waals surface area contributed by atoms with E-state index in [4.69, 9.17) is 4.74 Å². The summed E-state index contributed by atoms with van der Waals surface area (Å²) in [4.78, 5) is 16.1. The summed E-state index contributed by atoms with van der Waals surface area (Å²) in [5.41, 5.74) is 6.09. The SMILES string of the molecule is Cc1cc(-c2ccncc2)ccc1OCc1c(C)cccc1-n1[nH]n(C)c1=O. The Hall–Kier alpha value is -3.54. The smallest absolute Gasteiger partial charge is 0.364 e. The highest BCUT2D eigenvalue weighted by molar-refractivity contribution is 5.65. The second kappa shape index (κ2) is 7.23. The maximum atomic E-state index is 12.1. The van der Waals surface area contributed by atoms with Crippen LogP contribution in [0.5, 0.6) is 5.75 Å². The number of benzene rings is 2. The first-order chi connectivity index (χ1) is 13.5. The van der Waals surface area contributed by atoms with Crippen molar-refractivity contribution < 1.29 is 4.74 Å². The Morgan fingerprint density at radius 1 is 1.00 bits per heavy atom. The molecular weight excluding hydrogens is 352 g/mol. The standard InChI is InChI=1S/C22H22N4O2/c1-15-5-4-6-20(26-22(27)25(3)24-26)19(15)14-28-21-8-7-18(13-16(21)2)17-9-11-23-12-10-17/h4-13,24H,14H2,1-3H3. The molecule has 4 aromatic rings. The second-order valence-corrected chi connectivity index (χ2v) is 6.85. The largest absolute Gasteiger partial charge is 0.489 e. The molecule has 0 aliphatic heterocycles. The van der Waals surface area contributed by atoms with E-state index in [9.17, 15) is 4.79 Å². The molecule has 2 aromatic heterocycles. The molecule has 0 aliphatic rings. The maximum Gasteiger partial charge on any atom is 0.364 e. The predicted octanol–water partition coefficient (Wildman–Crippen LogP) is 3.76. The fraction of sp³-hybridized carbons (Fsp3) is 0.182. The van der Waals surface area contributed by atoms with Gasteiger partial charge in [-0.25, -0.2) is 14.7 Å². The third-order valence-electron chi connectivity index (χ3n) is 4.92. The quantitative estimate of drug-likeness (QED) is 0.578. The van der Waals surface area contributed by atoms with Crippen molar-refractivity contribution in [1.29, 1.82) is 0 Å². The summed E-state index contributed by atoms with van der Waals surface area (Å²) in [5, 5.41) is 2.97. The number of aromatic nitrogens is 4. The molecule has 4 rings (SSSR count). The summed E-state index contributed by atoms with van der Waals surface area (Å²) in [6, 6.07) is 16.0. The van der Waals surface area contributed by atoms with Gasteiger partial charge in [0.15, 0.2) is 0 Å². The molecule has 0 fully saturated rings. The highest BCUT2D eigenvalue weighted by atomic mass is 16.5. The Morgan fingerprint density at radius 2 is 1.79 bits per heavy atom. The Bertz CT molecular complexity index is 1170. The van der Waals surface area contributed by atoms with Gasteiger partial charge in [0.05, 0.1) is 5.69 Å². The van der Waals surface area contributed by atoms with Gasteiger partial charge in [-0.1, -0.05) is 18.2 Å². The molecule has 1 N–H and O–H groups in total. The van der Waals surface area contributed by atoms with Crippen molar-refractivity contribution in [3.8, 4) is 22.6 Å².